The van der Waals surface area contributed by atoms with E-state index >= 15 is 0 Å². The van der Waals surface area contributed by atoms with Crippen LogP contribution in [0.25, 0.3) is 0 Å². The third kappa shape index (κ3) is 4.28. The van der Waals surface area contributed by atoms with Gasteiger partial charge in [0.1, 0.15) is 5.82 Å². The number of nitro benzene ring substituents is 1. The average Bonchev–Trinajstić information content (AvgIpc) is 2.16. The maximum absolute atomic E-state index is 12.9. The molecule has 6 heteroatoms. The van der Waals surface area contributed by atoms with Gasteiger partial charge in [0.05, 0.1) is 11.0 Å². The second kappa shape index (κ2) is 6.51. The van der Waals surface area contributed by atoms with Gasteiger partial charge in [0, 0.05) is 11.6 Å². The molecule has 1 atom stereocenters. The predicted molar refractivity (Wildman–Crippen MR) is 66.7 cm³/mol. The number of halogens is 2. The maximum atomic E-state index is 12.9. The Bertz CT molecular complexity index is 399. The maximum Gasteiger partial charge on any atom is 0.277 e. The average molecular weight is 263 g/mol. The molecule has 0 heterocycles. The summed E-state index contributed by atoms with van der Waals surface area (Å²) < 4.78 is 12.9. The van der Waals surface area contributed by atoms with E-state index in [1.807, 2.05) is 13.8 Å². The lowest BCUT2D eigenvalue weighted by molar-refractivity contribution is -0.385. The highest BCUT2D eigenvalue weighted by molar-refractivity contribution is 5.85. The standard InChI is InChI=1S/C11H15FN2O2.ClH/c1-7(2)5-10(13)9-4-3-8(12)6-11(9)14(15)16;/h3-4,6-7,10H,5,13H2,1-2H3;1H/t10-;/m1./s1. The van der Waals surface area contributed by atoms with Gasteiger partial charge in [-0.2, -0.15) is 0 Å². The Morgan fingerprint density at radius 2 is 2.06 bits per heavy atom. The van der Waals surface area contributed by atoms with Crippen molar-refractivity contribution in [3.8, 4) is 0 Å². The molecule has 0 spiro atoms. The number of nitro groups is 1. The molecule has 1 aromatic rings. The van der Waals surface area contributed by atoms with E-state index < -0.39 is 16.8 Å². The van der Waals surface area contributed by atoms with Crippen LogP contribution >= 0.6 is 12.4 Å². The summed E-state index contributed by atoms with van der Waals surface area (Å²) >= 11 is 0. The highest BCUT2D eigenvalue weighted by Crippen LogP contribution is 2.28. The highest BCUT2D eigenvalue weighted by atomic mass is 35.5. The van der Waals surface area contributed by atoms with Crippen molar-refractivity contribution in [3.05, 3.63) is 39.7 Å². The molecule has 0 aliphatic heterocycles. The number of hydrogen-bond donors (Lipinski definition) is 1. The molecular weight excluding hydrogens is 247 g/mol. The molecule has 0 saturated heterocycles. The van der Waals surface area contributed by atoms with Crippen molar-refractivity contribution in [1.29, 1.82) is 0 Å². The summed E-state index contributed by atoms with van der Waals surface area (Å²) in [6.07, 6.45) is 0.631. The second-order valence-corrected chi connectivity index (χ2v) is 4.20. The van der Waals surface area contributed by atoms with Crippen LogP contribution in [-0.2, 0) is 0 Å². The van der Waals surface area contributed by atoms with Crippen LogP contribution in [0.4, 0.5) is 10.1 Å². The second-order valence-electron chi connectivity index (χ2n) is 4.20. The van der Waals surface area contributed by atoms with Gasteiger partial charge in [0.2, 0.25) is 0 Å². The Morgan fingerprint density at radius 3 is 2.53 bits per heavy atom. The molecule has 0 bridgehead atoms. The minimum atomic E-state index is -0.618. The van der Waals surface area contributed by atoms with Gasteiger partial charge in [-0.05, 0) is 24.5 Å². The molecule has 0 aliphatic carbocycles. The predicted octanol–water partition coefficient (Wildman–Crippen LogP) is 3.20. The molecule has 1 aromatic carbocycles. The number of hydrogen-bond acceptors (Lipinski definition) is 3. The van der Waals surface area contributed by atoms with Gasteiger partial charge in [-0.25, -0.2) is 4.39 Å². The van der Waals surface area contributed by atoms with E-state index in [9.17, 15) is 14.5 Å². The summed E-state index contributed by atoms with van der Waals surface area (Å²) in [6.45, 7) is 3.96. The molecule has 0 saturated carbocycles. The van der Waals surface area contributed by atoms with Crippen molar-refractivity contribution in [2.24, 2.45) is 11.7 Å². The van der Waals surface area contributed by atoms with Gasteiger partial charge in [-0.1, -0.05) is 13.8 Å². The lowest BCUT2D eigenvalue weighted by Gasteiger charge is -2.14. The number of benzene rings is 1. The molecule has 0 aliphatic rings. The lowest BCUT2D eigenvalue weighted by atomic mass is 9.96. The molecule has 2 N–H and O–H groups in total. The number of nitrogens with zero attached hydrogens (tertiary/aromatic N) is 1. The Hall–Kier alpha value is -1.20. The molecule has 1 rings (SSSR count). The van der Waals surface area contributed by atoms with Crippen LogP contribution in [-0.4, -0.2) is 4.92 Å². The monoisotopic (exact) mass is 262 g/mol. The van der Waals surface area contributed by atoms with Crippen molar-refractivity contribution in [3.63, 3.8) is 0 Å². The Labute approximate surface area is 106 Å². The van der Waals surface area contributed by atoms with Gasteiger partial charge in [0.25, 0.3) is 5.69 Å². The molecule has 0 radical (unpaired) electrons. The summed E-state index contributed by atoms with van der Waals surface area (Å²) in [5, 5.41) is 10.7. The fourth-order valence-corrected chi connectivity index (χ4v) is 1.62. The summed E-state index contributed by atoms with van der Waals surface area (Å²) in [4.78, 5) is 10.1. The largest absolute Gasteiger partial charge is 0.324 e. The lowest BCUT2D eigenvalue weighted by Crippen LogP contribution is -2.14. The Kier molecular flexibility index (Phi) is 6.05. The molecule has 4 nitrogen and oxygen atoms in total. The van der Waals surface area contributed by atoms with E-state index in [2.05, 4.69) is 0 Å². The van der Waals surface area contributed by atoms with Crippen molar-refractivity contribution < 1.29 is 9.31 Å². The van der Waals surface area contributed by atoms with Gasteiger partial charge in [-0.15, -0.1) is 12.4 Å². The van der Waals surface area contributed by atoms with E-state index in [1.165, 1.54) is 12.1 Å². The normalized spacial score (nSPS) is 12.1. The fourth-order valence-electron chi connectivity index (χ4n) is 1.62. The zero-order valence-corrected chi connectivity index (χ0v) is 10.5. The topological polar surface area (TPSA) is 69.2 Å². The van der Waals surface area contributed by atoms with Crippen molar-refractivity contribution in [2.45, 2.75) is 26.3 Å². The number of rotatable bonds is 4. The summed E-state index contributed by atoms with van der Waals surface area (Å²) in [5.74, 6) is -0.285. The first-order chi connectivity index (χ1) is 7.41. The van der Waals surface area contributed by atoms with Crippen molar-refractivity contribution >= 4 is 18.1 Å². The van der Waals surface area contributed by atoms with Gasteiger partial charge >= 0.3 is 0 Å². The van der Waals surface area contributed by atoms with Crippen LogP contribution in [0.1, 0.15) is 31.9 Å². The van der Waals surface area contributed by atoms with E-state index in [-0.39, 0.29) is 18.1 Å². The molecule has 0 aromatic heterocycles. The minimum absolute atomic E-state index is 0. The Balaban J connectivity index is 0.00000256. The minimum Gasteiger partial charge on any atom is -0.324 e. The molecule has 0 amide bonds. The van der Waals surface area contributed by atoms with E-state index in [1.54, 1.807) is 0 Å². The van der Waals surface area contributed by atoms with Crippen LogP contribution in [0, 0.1) is 21.8 Å². The molecule has 0 fully saturated rings. The first kappa shape index (κ1) is 15.8. The Morgan fingerprint density at radius 1 is 1.47 bits per heavy atom. The van der Waals surface area contributed by atoms with E-state index in [0.717, 1.165) is 6.07 Å². The van der Waals surface area contributed by atoms with Crippen LogP contribution in [0.3, 0.4) is 0 Å². The summed E-state index contributed by atoms with van der Waals surface area (Å²) in [6, 6.07) is 3.07. The molecule has 0 unspecified atom stereocenters. The van der Waals surface area contributed by atoms with Crippen LogP contribution < -0.4 is 5.73 Å². The van der Waals surface area contributed by atoms with E-state index in [0.29, 0.717) is 17.9 Å². The van der Waals surface area contributed by atoms with Crippen LogP contribution in [0.15, 0.2) is 18.2 Å². The van der Waals surface area contributed by atoms with E-state index in [4.69, 9.17) is 5.73 Å². The third-order valence-corrected chi connectivity index (χ3v) is 2.31. The van der Waals surface area contributed by atoms with Gasteiger partial charge in [0.15, 0.2) is 0 Å². The number of nitrogens with two attached hydrogens (primary N) is 1. The van der Waals surface area contributed by atoms with Crippen LogP contribution in [0.5, 0.6) is 0 Å². The molecular formula is C11H16ClFN2O2. The zero-order valence-electron chi connectivity index (χ0n) is 9.72. The van der Waals surface area contributed by atoms with Crippen LogP contribution in [0.2, 0.25) is 0 Å². The van der Waals surface area contributed by atoms with Gasteiger partial charge < -0.3 is 5.73 Å². The third-order valence-electron chi connectivity index (χ3n) is 2.31. The zero-order chi connectivity index (χ0) is 12.3. The first-order valence-electron chi connectivity index (χ1n) is 5.11. The molecule has 17 heavy (non-hydrogen) atoms. The van der Waals surface area contributed by atoms with Gasteiger partial charge in [-0.3, -0.25) is 10.1 Å². The fraction of sp³-hybridized carbons (Fsp3) is 0.455. The quantitative estimate of drug-likeness (QED) is 0.669. The van der Waals surface area contributed by atoms with Crippen molar-refractivity contribution in [1.82, 2.24) is 0 Å². The SMILES string of the molecule is CC(C)C[C@@H](N)c1ccc(F)cc1[N+](=O)[O-].Cl. The molecule has 96 valence electrons. The highest BCUT2D eigenvalue weighted by Gasteiger charge is 2.20. The first-order valence-corrected chi connectivity index (χ1v) is 5.11. The summed E-state index contributed by atoms with van der Waals surface area (Å²) in [5.41, 5.74) is 6.00. The smallest absolute Gasteiger partial charge is 0.277 e. The van der Waals surface area contributed by atoms with Crippen molar-refractivity contribution in [2.75, 3.05) is 0 Å². The summed E-state index contributed by atoms with van der Waals surface area (Å²) in [7, 11) is 0.